The smallest absolute Gasteiger partial charge is 0.317 e. The second kappa shape index (κ2) is 8.33. The molecule has 0 aromatic heterocycles. The van der Waals surface area contributed by atoms with Crippen LogP contribution in [0.1, 0.15) is 6.92 Å². The lowest BCUT2D eigenvalue weighted by molar-refractivity contribution is -0.117. The van der Waals surface area contributed by atoms with Crippen molar-refractivity contribution in [2.24, 2.45) is 0 Å². The monoisotopic (exact) mass is 416 g/mol. The zero-order chi connectivity index (χ0) is 15.9. The van der Waals surface area contributed by atoms with Crippen LogP contribution in [0, 0.1) is 3.57 Å². The summed E-state index contributed by atoms with van der Waals surface area (Å²) in [6, 6.07) is 7.68. The average molecular weight is 416 g/mol. The van der Waals surface area contributed by atoms with Gasteiger partial charge in [-0.2, -0.15) is 0 Å². The molecule has 3 amide bonds. The maximum absolute atomic E-state index is 12.1. The number of nitrogens with zero attached hydrogens (tertiary/aromatic N) is 2. The molecule has 1 aromatic rings. The second-order valence-corrected chi connectivity index (χ2v) is 6.29. The highest BCUT2D eigenvalue weighted by Gasteiger charge is 2.22. The fraction of sp³-hybridized carbons (Fsp3) is 0.467. The van der Waals surface area contributed by atoms with Crippen molar-refractivity contribution in [3.8, 4) is 0 Å². The van der Waals surface area contributed by atoms with Crippen molar-refractivity contribution in [3.05, 3.63) is 27.8 Å². The Morgan fingerprint density at radius 1 is 1.18 bits per heavy atom. The van der Waals surface area contributed by atoms with Crippen molar-refractivity contribution in [2.75, 3.05) is 44.6 Å². The molecule has 7 heteroatoms. The summed E-state index contributed by atoms with van der Waals surface area (Å²) in [5, 5.41) is 5.73. The fourth-order valence-corrected chi connectivity index (χ4v) is 2.85. The van der Waals surface area contributed by atoms with Gasteiger partial charge in [0.1, 0.15) is 0 Å². The van der Waals surface area contributed by atoms with Crippen LogP contribution >= 0.6 is 22.6 Å². The van der Waals surface area contributed by atoms with Gasteiger partial charge in [-0.15, -0.1) is 0 Å². The van der Waals surface area contributed by atoms with Gasteiger partial charge in [-0.25, -0.2) is 4.79 Å². The van der Waals surface area contributed by atoms with Crippen molar-refractivity contribution in [1.29, 1.82) is 0 Å². The third kappa shape index (κ3) is 4.84. The molecule has 0 radical (unpaired) electrons. The third-order valence-corrected chi connectivity index (χ3v) is 4.44. The standard InChI is InChI=1S/C15H21IN4O2/c1-2-17-15(22)20-9-7-19(8-10-20)11-14(21)18-13-6-4-3-5-12(13)16/h3-6H,2,7-11H2,1H3,(H,17,22)(H,18,21). The number of piperazine rings is 1. The first-order valence-electron chi connectivity index (χ1n) is 7.39. The number of hydrogen-bond acceptors (Lipinski definition) is 3. The van der Waals surface area contributed by atoms with E-state index in [0.717, 1.165) is 22.3 Å². The largest absolute Gasteiger partial charge is 0.338 e. The number of carbonyl (C=O) groups is 2. The Kier molecular flexibility index (Phi) is 6.44. The summed E-state index contributed by atoms with van der Waals surface area (Å²) in [6.07, 6.45) is 0. The minimum absolute atomic E-state index is 0.0180. The van der Waals surface area contributed by atoms with E-state index in [0.29, 0.717) is 26.2 Å². The molecular formula is C15H21IN4O2. The van der Waals surface area contributed by atoms with Gasteiger partial charge in [-0.1, -0.05) is 12.1 Å². The number of rotatable bonds is 4. The molecule has 120 valence electrons. The minimum atomic E-state index is -0.0227. The normalized spacial score (nSPS) is 15.5. The van der Waals surface area contributed by atoms with Crippen molar-refractivity contribution < 1.29 is 9.59 Å². The topological polar surface area (TPSA) is 64.7 Å². The van der Waals surface area contributed by atoms with Crippen molar-refractivity contribution in [3.63, 3.8) is 0 Å². The molecule has 1 aromatic carbocycles. The second-order valence-electron chi connectivity index (χ2n) is 5.13. The van der Waals surface area contributed by atoms with Gasteiger partial charge in [0.05, 0.1) is 12.2 Å². The van der Waals surface area contributed by atoms with Gasteiger partial charge >= 0.3 is 6.03 Å². The zero-order valence-corrected chi connectivity index (χ0v) is 14.8. The number of carbonyl (C=O) groups excluding carboxylic acids is 2. The molecule has 0 saturated carbocycles. The van der Waals surface area contributed by atoms with Crippen molar-refractivity contribution >= 4 is 40.2 Å². The summed E-state index contributed by atoms with van der Waals surface area (Å²) < 4.78 is 1.02. The summed E-state index contributed by atoms with van der Waals surface area (Å²) in [5.74, 6) is -0.0180. The Hall–Kier alpha value is -1.35. The number of benzene rings is 1. The van der Waals surface area contributed by atoms with E-state index in [1.807, 2.05) is 31.2 Å². The highest BCUT2D eigenvalue weighted by Crippen LogP contribution is 2.16. The van der Waals surface area contributed by atoms with Crippen molar-refractivity contribution in [1.82, 2.24) is 15.1 Å². The van der Waals surface area contributed by atoms with Crippen LogP contribution in [0.15, 0.2) is 24.3 Å². The molecule has 2 N–H and O–H groups in total. The van der Waals surface area contributed by atoms with Crippen LogP contribution in [0.4, 0.5) is 10.5 Å². The number of halogens is 1. The molecule has 6 nitrogen and oxygen atoms in total. The number of hydrogen-bond donors (Lipinski definition) is 2. The first-order valence-corrected chi connectivity index (χ1v) is 8.47. The Labute approximate surface area is 144 Å². The number of amides is 3. The van der Waals surface area contributed by atoms with Gasteiger partial charge in [0, 0.05) is 36.3 Å². The number of para-hydroxylation sites is 1. The molecule has 0 bridgehead atoms. The van der Waals surface area contributed by atoms with E-state index in [-0.39, 0.29) is 11.9 Å². The van der Waals surface area contributed by atoms with E-state index in [4.69, 9.17) is 0 Å². The molecule has 0 unspecified atom stereocenters. The fourth-order valence-electron chi connectivity index (χ4n) is 2.33. The summed E-state index contributed by atoms with van der Waals surface area (Å²) in [7, 11) is 0. The highest BCUT2D eigenvalue weighted by atomic mass is 127. The molecular weight excluding hydrogens is 395 g/mol. The molecule has 0 aliphatic carbocycles. The molecule has 0 atom stereocenters. The molecule has 2 rings (SSSR count). The molecule has 0 spiro atoms. The maximum atomic E-state index is 12.1. The first kappa shape index (κ1) is 17.0. The van der Waals surface area contributed by atoms with Crippen LogP contribution in [-0.4, -0.2) is 61.0 Å². The molecule has 1 fully saturated rings. The van der Waals surface area contributed by atoms with Gasteiger partial charge in [0.2, 0.25) is 5.91 Å². The maximum Gasteiger partial charge on any atom is 0.317 e. The van der Waals surface area contributed by atoms with Gasteiger partial charge in [0.15, 0.2) is 0 Å². The predicted octanol–water partition coefficient (Wildman–Crippen LogP) is 1.58. The minimum Gasteiger partial charge on any atom is -0.338 e. The van der Waals surface area contributed by atoms with Gasteiger partial charge in [-0.3, -0.25) is 9.69 Å². The van der Waals surface area contributed by atoms with E-state index in [1.54, 1.807) is 4.90 Å². The van der Waals surface area contributed by atoms with Gasteiger partial charge in [0.25, 0.3) is 0 Å². The average Bonchev–Trinajstić information content (AvgIpc) is 2.50. The quantitative estimate of drug-likeness (QED) is 0.733. The van der Waals surface area contributed by atoms with Crippen molar-refractivity contribution in [2.45, 2.75) is 6.92 Å². The Morgan fingerprint density at radius 3 is 2.50 bits per heavy atom. The SMILES string of the molecule is CCNC(=O)N1CCN(CC(=O)Nc2ccccc2I)CC1. The van der Waals surface area contributed by atoms with Gasteiger partial charge in [-0.05, 0) is 41.6 Å². The van der Waals surface area contributed by atoms with E-state index in [2.05, 4.69) is 38.1 Å². The van der Waals surface area contributed by atoms with Crippen LogP contribution in [0.5, 0.6) is 0 Å². The van der Waals surface area contributed by atoms with Crippen LogP contribution in [0.3, 0.4) is 0 Å². The summed E-state index contributed by atoms with van der Waals surface area (Å²) in [5.41, 5.74) is 0.842. The van der Waals surface area contributed by atoms with E-state index < -0.39 is 0 Å². The lowest BCUT2D eigenvalue weighted by Crippen LogP contribution is -2.53. The predicted molar refractivity (Wildman–Crippen MR) is 94.9 cm³/mol. The molecule has 1 saturated heterocycles. The van der Waals surface area contributed by atoms with Crippen LogP contribution in [0.2, 0.25) is 0 Å². The van der Waals surface area contributed by atoms with Gasteiger partial charge < -0.3 is 15.5 Å². The Balaban J connectivity index is 1.77. The Morgan fingerprint density at radius 2 is 1.86 bits per heavy atom. The third-order valence-electron chi connectivity index (χ3n) is 3.50. The highest BCUT2D eigenvalue weighted by molar-refractivity contribution is 14.1. The van der Waals surface area contributed by atoms with Crippen LogP contribution in [0.25, 0.3) is 0 Å². The van der Waals surface area contributed by atoms with Crippen LogP contribution in [-0.2, 0) is 4.79 Å². The zero-order valence-electron chi connectivity index (χ0n) is 12.6. The molecule has 1 heterocycles. The lowest BCUT2D eigenvalue weighted by Gasteiger charge is -2.34. The summed E-state index contributed by atoms with van der Waals surface area (Å²) in [6.45, 7) is 5.64. The number of urea groups is 1. The first-order chi connectivity index (χ1) is 10.6. The lowest BCUT2D eigenvalue weighted by atomic mass is 10.3. The summed E-state index contributed by atoms with van der Waals surface area (Å²) >= 11 is 2.20. The number of nitrogens with one attached hydrogen (secondary N) is 2. The molecule has 1 aliphatic heterocycles. The van der Waals surface area contributed by atoms with E-state index in [1.165, 1.54) is 0 Å². The summed E-state index contributed by atoms with van der Waals surface area (Å²) in [4.78, 5) is 27.7. The van der Waals surface area contributed by atoms with E-state index in [9.17, 15) is 9.59 Å². The molecule has 1 aliphatic rings. The number of anilines is 1. The van der Waals surface area contributed by atoms with E-state index >= 15 is 0 Å². The van der Waals surface area contributed by atoms with Crippen LogP contribution < -0.4 is 10.6 Å². The molecule has 22 heavy (non-hydrogen) atoms. The Bertz CT molecular complexity index is 530.